The molecule has 0 spiro atoms. The van der Waals surface area contributed by atoms with Gasteiger partial charge in [-0.3, -0.25) is 9.59 Å². The second kappa shape index (κ2) is 8.18. The highest BCUT2D eigenvalue weighted by atomic mass is 16.5. The monoisotopic (exact) mass is 365 g/mol. The van der Waals surface area contributed by atoms with Crippen LogP contribution in [0.25, 0.3) is 0 Å². The van der Waals surface area contributed by atoms with Gasteiger partial charge in [-0.05, 0) is 37.3 Å². The predicted molar refractivity (Wildman–Crippen MR) is 99.8 cm³/mol. The Labute approximate surface area is 156 Å². The molecule has 3 aromatic rings. The Morgan fingerprint density at radius 1 is 1.07 bits per heavy atom. The number of nitrogens with zero attached hydrogens (tertiary/aromatic N) is 2. The van der Waals surface area contributed by atoms with Gasteiger partial charge in [0.05, 0.1) is 6.54 Å². The molecule has 138 valence electrons. The molecule has 1 heterocycles. The number of carbonyl (C=O) groups is 2. The van der Waals surface area contributed by atoms with Gasteiger partial charge in [0.15, 0.2) is 5.82 Å². The molecule has 0 fully saturated rings. The van der Waals surface area contributed by atoms with Crippen LogP contribution in [-0.4, -0.2) is 35.5 Å². The van der Waals surface area contributed by atoms with Gasteiger partial charge in [0.2, 0.25) is 5.91 Å². The van der Waals surface area contributed by atoms with Crippen molar-refractivity contribution >= 4 is 17.6 Å². The third-order valence-electron chi connectivity index (χ3n) is 3.68. The van der Waals surface area contributed by atoms with E-state index in [1.54, 1.807) is 44.3 Å². The Kier molecular flexibility index (Phi) is 5.51. The van der Waals surface area contributed by atoms with Crippen LogP contribution in [0.3, 0.4) is 0 Å². The van der Waals surface area contributed by atoms with E-state index in [1.807, 2.05) is 30.3 Å². The molecule has 27 heavy (non-hydrogen) atoms. The number of benzene rings is 2. The number of hydrogen-bond acceptors (Lipinski definition) is 5. The Hall–Kier alpha value is -3.61. The van der Waals surface area contributed by atoms with Crippen LogP contribution in [0, 0.1) is 6.92 Å². The van der Waals surface area contributed by atoms with Crippen molar-refractivity contribution in [2.45, 2.75) is 6.92 Å². The highest BCUT2D eigenvalue weighted by molar-refractivity contribution is 5.99. The number of nitrogens with one attached hydrogen (secondary N) is 1. The number of likely N-dealkylation sites (N-methyl/N-ethyl adjacent to an activating group) is 1. The average molecular weight is 365 g/mol. The van der Waals surface area contributed by atoms with Crippen molar-refractivity contribution in [3.8, 4) is 11.5 Å². The van der Waals surface area contributed by atoms with Gasteiger partial charge in [-0.25, -0.2) is 0 Å². The summed E-state index contributed by atoms with van der Waals surface area (Å²) in [6.45, 7) is 1.61. The second-order valence-electron chi connectivity index (χ2n) is 5.98. The maximum absolute atomic E-state index is 12.6. The van der Waals surface area contributed by atoms with Gasteiger partial charge in [0.25, 0.3) is 5.91 Å². The fraction of sp³-hybridized carbons (Fsp3) is 0.150. The Bertz CT molecular complexity index is 937. The molecule has 0 aliphatic heterocycles. The van der Waals surface area contributed by atoms with Crippen LogP contribution in [0.15, 0.2) is 65.2 Å². The Morgan fingerprint density at radius 2 is 1.81 bits per heavy atom. The minimum Gasteiger partial charge on any atom is -0.457 e. The van der Waals surface area contributed by atoms with Crippen LogP contribution < -0.4 is 10.1 Å². The molecule has 0 atom stereocenters. The van der Waals surface area contributed by atoms with E-state index in [0.717, 1.165) is 0 Å². The first-order chi connectivity index (χ1) is 13.0. The molecule has 0 aliphatic carbocycles. The summed E-state index contributed by atoms with van der Waals surface area (Å²) >= 11 is 0. The van der Waals surface area contributed by atoms with E-state index in [4.69, 9.17) is 9.26 Å². The molecule has 0 bridgehead atoms. The van der Waals surface area contributed by atoms with Crippen LogP contribution in [0.1, 0.15) is 16.1 Å². The van der Waals surface area contributed by atoms with Gasteiger partial charge >= 0.3 is 0 Å². The smallest absolute Gasteiger partial charge is 0.254 e. The maximum atomic E-state index is 12.6. The van der Waals surface area contributed by atoms with Crippen LogP contribution in [-0.2, 0) is 4.79 Å². The van der Waals surface area contributed by atoms with Crippen molar-refractivity contribution in [3.05, 3.63) is 72.0 Å². The van der Waals surface area contributed by atoms with E-state index in [0.29, 0.717) is 28.6 Å². The Balaban J connectivity index is 1.62. The van der Waals surface area contributed by atoms with Crippen molar-refractivity contribution < 1.29 is 18.8 Å². The van der Waals surface area contributed by atoms with Gasteiger partial charge in [-0.1, -0.05) is 29.4 Å². The van der Waals surface area contributed by atoms with Gasteiger partial charge in [-0.15, -0.1) is 0 Å². The minimum absolute atomic E-state index is 0.117. The largest absolute Gasteiger partial charge is 0.457 e. The van der Waals surface area contributed by atoms with E-state index in [9.17, 15) is 9.59 Å². The first kappa shape index (κ1) is 18.2. The standard InChI is InChI=1S/C20H19N3O4/c1-14-11-18(22-27-14)21-19(24)13-23(2)20(25)15-7-6-10-17(12-15)26-16-8-4-3-5-9-16/h3-12H,13H2,1-2H3,(H,21,22,24). The summed E-state index contributed by atoms with van der Waals surface area (Å²) < 4.78 is 10.6. The SMILES string of the molecule is Cc1cc(NC(=O)CN(C)C(=O)c2cccc(Oc3ccccc3)c2)no1. The van der Waals surface area contributed by atoms with Crippen LogP contribution in [0.5, 0.6) is 11.5 Å². The number of amides is 2. The van der Waals surface area contributed by atoms with Crippen molar-refractivity contribution in [1.29, 1.82) is 0 Å². The van der Waals surface area contributed by atoms with E-state index in [2.05, 4.69) is 10.5 Å². The fourth-order valence-corrected chi connectivity index (χ4v) is 2.43. The summed E-state index contributed by atoms with van der Waals surface area (Å²) in [5.74, 6) is 1.47. The zero-order chi connectivity index (χ0) is 19.2. The highest BCUT2D eigenvalue weighted by Gasteiger charge is 2.16. The molecule has 2 amide bonds. The number of anilines is 1. The maximum Gasteiger partial charge on any atom is 0.254 e. The molecule has 7 nitrogen and oxygen atoms in total. The number of hydrogen-bond donors (Lipinski definition) is 1. The summed E-state index contributed by atoms with van der Waals surface area (Å²) in [5.41, 5.74) is 0.427. The molecular formula is C20H19N3O4. The zero-order valence-electron chi connectivity index (χ0n) is 15.0. The quantitative estimate of drug-likeness (QED) is 0.723. The average Bonchev–Trinajstić information content (AvgIpc) is 3.06. The number of para-hydroxylation sites is 1. The lowest BCUT2D eigenvalue weighted by atomic mass is 10.2. The second-order valence-corrected chi connectivity index (χ2v) is 5.98. The van der Waals surface area contributed by atoms with Crippen molar-refractivity contribution in [2.24, 2.45) is 0 Å². The summed E-state index contributed by atoms with van der Waals surface area (Å²) in [4.78, 5) is 26.0. The van der Waals surface area contributed by atoms with Crippen LogP contribution in [0.2, 0.25) is 0 Å². The summed E-state index contributed by atoms with van der Waals surface area (Å²) in [6, 6.07) is 17.7. The van der Waals surface area contributed by atoms with E-state index in [1.165, 1.54) is 4.90 Å². The van der Waals surface area contributed by atoms with E-state index >= 15 is 0 Å². The zero-order valence-corrected chi connectivity index (χ0v) is 15.0. The predicted octanol–water partition coefficient (Wildman–Crippen LogP) is 3.49. The van der Waals surface area contributed by atoms with Crippen molar-refractivity contribution in [2.75, 3.05) is 18.9 Å². The summed E-state index contributed by atoms with van der Waals surface area (Å²) in [7, 11) is 1.56. The van der Waals surface area contributed by atoms with Gasteiger partial charge in [-0.2, -0.15) is 0 Å². The third-order valence-corrected chi connectivity index (χ3v) is 3.68. The number of carbonyl (C=O) groups excluding carboxylic acids is 2. The molecule has 2 aromatic carbocycles. The summed E-state index contributed by atoms with van der Waals surface area (Å²) in [5, 5.41) is 6.27. The molecule has 0 saturated carbocycles. The minimum atomic E-state index is -0.365. The molecule has 1 aromatic heterocycles. The van der Waals surface area contributed by atoms with Crippen LogP contribution in [0.4, 0.5) is 5.82 Å². The van der Waals surface area contributed by atoms with Crippen molar-refractivity contribution in [1.82, 2.24) is 10.1 Å². The lowest BCUT2D eigenvalue weighted by Gasteiger charge is -2.17. The van der Waals surface area contributed by atoms with Gasteiger partial charge < -0.3 is 19.5 Å². The third kappa shape index (κ3) is 4.94. The van der Waals surface area contributed by atoms with Gasteiger partial charge in [0, 0.05) is 18.7 Å². The molecule has 3 rings (SSSR count). The molecule has 7 heteroatoms. The number of rotatable bonds is 6. The molecule has 0 saturated heterocycles. The Morgan fingerprint density at radius 3 is 2.52 bits per heavy atom. The lowest BCUT2D eigenvalue weighted by molar-refractivity contribution is -0.116. The van der Waals surface area contributed by atoms with Gasteiger partial charge in [0.1, 0.15) is 17.3 Å². The number of aryl methyl sites for hydroxylation is 1. The first-order valence-electron chi connectivity index (χ1n) is 8.33. The molecule has 0 aliphatic rings. The number of ether oxygens (including phenoxy) is 1. The van der Waals surface area contributed by atoms with Crippen LogP contribution >= 0.6 is 0 Å². The first-order valence-corrected chi connectivity index (χ1v) is 8.33. The van der Waals surface area contributed by atoms with E-state index in [-0.39, 0.29) is 18.4 Å². The molecule has 0 radical (unpaired) electrons. The van der Waals surface area contributed by atoms with Crippen molar-refractivity contribution in [3.63, 3.8) is 0 Å². The molecular weight excluding hydrogens is 346 g/mol. The summed E-state index contributed by atoms with van der Waals surface area (Å²) in [6.07, 6.45) is 0. The molecule has 0 unspecified atom stereocenters. The number of aromatic nitrogens is 1. The lowest BCUT2D eigenvalue weighted by Crippen LogP contribution is -2.35. The normalized spacial score (nSPS) is 10.3. The molecule has 1 N–H and O–H groups in total. The fourth-order valence-electron chi connectivity index (χ4n) is 2.43. The highest BCUT2D eigenvalue weighted by Crippen LogP contribution is 2.22. The van der Waals surface area contributed by atoms with E-state index < -0.39 is 0 Å². The topological polar surface area (TPSA) is 84.7 Å².